The average molecular weight is 268 g/mol. The average Bonchev–Trinajstić information content (AvgIpc) is 3.02. The maximum Gasteiger partial charge on any atom is 0.237 e. The zero-order chi connectivity index (χ0) is 14.2. The molecule has 1 saturated heterocycles. The van der Waals surface area contributed by atoms with Crippen molar-refractivity contribution >= 4 is 11.8 Å². The van der Waals surface area contributed by atoms with E-state index >= 15 is 0 Å². The van der Waals surface area contributed by atoms with E-state index in [-0.39, 0.29) is 18.2 Å². The fourth-order valence-electron chi connectivity index (χ4n) is 3.44. The molecule has 0 aromatic heterocycles. The van der Waals surface area contributed by atoms with Gasteiger partial charge in [0.25, 0.3) is 0 Å². The van der Waals surface area contributed by atoms with E-state index in [2.05, 4.69) is 6.07 Å². The summed E-state index contributed by atoms with van der Waals surface area (Å²) in [5.41, 5.74) is 0.188. The Kier molecular flexibility index (Phi) is 3.06. The maximum absolute atomic E-state index is 12.7. The molecule has 2 amide bonds. The molecular weight excluding hydrogens is 252 g/mol. The molecule has 1 unspecified atom stereocenters. The van der Waals surface area contributed by atoms with Gasteiger partial charge in [0.05, 0.1) is 11.5 Å². The number of nitrogens with zero attached hydrogens (tertiary/aromatic N) is 2. The van der Waals surface area contributed by atoms with Crippen molar-refractivity contribution in [2.45, 2.75) is 38.1 Å². The molecule has 0 bridgehead atoms. The second-order valence-corrected chi connectivity index (χ2v) is 5.68. The summed E-state index contributed by atoms with van der Waals surface area (Å²) in [6.45, 7) is 0. The summed E-state index contributed by atoms with van der Waals surface area (Å²) in [6.07, 6.45) is 3.82. The SMILES string of the molecule is N#CC(c1ccccc1)N1C(=O)CC2(CCCC2)C1=O. The monoisotopic (exact) mass is 268 g/mol. The Morgan fingerprint density at radius 3 is 2.40 bits per heavy atom. The van der Waals surface area contributed by atoms with Crippen molar-refractivity contribution in [1.29, 1.82) is 5.26 Å². The predicted molar refractivity (Wildman–Crippen MR) is 72.2 cm³/mol. The van der Waals surface area contributed by atoms with E-state index in [1.807, 2.05) is 18.2 Å². The van der Waals surface area contributed by atoms with Gasteiger partial charge < -0.3 is 0 Å². The third-order valence-corrected chi connectivity index (χ3v) is 4.49. The number of carbonyl (C=O) groups excluding carboxylic acids is 2. The summed E-state index contributed by atoms with van der Waals surface area (Å²) in [7, 11) is 0. The molecule has 0 radical (unpaired) electrons. The van der Waals surface area contributed by atoms with Crippen LogP contribution in [0.3, 0.4) is 0 Å². The Hall–Kier alpha value is -2.15. The molecule has 2 aliphatic rings. The first-order valence-corrected chi connectivity index (χ1v) is 6.99. The first kappa shape index (κ1) is 12.9. The van der Waals surface area contributed by atoms with Gasteiger partial charge in [-0.15, -0.1) is 0 Å². The molecule has 1 aliphatic carbocycles. The second kappa shape index (κ2) is 4.75. The van der Waals surface area contributed by atoms with Crippen LogP contribution in [0.5, 0.6) is 0 Å². The quantitative estimate of drug-likeness (QED) is 0.774. The van der Waals surface area contributed by atoms with Crippen LogP contribution in [-0.4, -0.2) is 16.7 Å². The zero-order valence-corrected chi connectivity index (χ0v) is 11.2. The molecule has 0 N–H and O–H groups in total. The van der Waals surface area contributed by atoms with Gasteiger partial charge in [-0.3, -0.25) is 14.5 Å². The molecule has 4 nitrogen and oxygen atoms in total. The van der Waals surface area contributed by atoms with Gasteiger partial charge >= 0.3 is 0 Å². The zero-order valence-electron chi connectivity index (χ0n) is 11.2. The lowest BCUT2D eigenvalue weighted by atomic mass is 9.84. The highest BCUT2D eigenvalue weighted by molar-refractivity contribution is 6.06. The van der Waals surface area contributed by atoms with E-state index in [0.717, 1.165) is 25.7 Å². The molecule has 1 spiro atoms. The van der Waals surface area contributed by atoms with Crippen molar-refractivity contribution in [2.24, 2.45) is 5.41 Å². The number of nitriles is 1. The van der Waals surface area contributed by atoms with Gasteiger partial charge in [0.2, 0.25) is 11.8 Å². The van der Waals surface area contributed by atoms with E-state index < -0.39 is 11.5 Å². The molecule has 1 aromatic carbocycles. The number of amides is 2. The molecule has 4 heteroatoms. The number of hydrogen-bond donors (Lipinski definition) is 0. The topological polar surface area (TPSA) is 61.2 Å². The summed E-state index contributed by atoms with van der Waals surface area (Å²) in [5.74, 6) is -0.345. The summed E-state index contributed by atoms with van der Waals surface area (Å²) in [6, 6.07) is 10.4. The number of rotatable bonds is 2. The third-order valence-electron chi connectivity index (χ3n) is 4.49. The van der Waals surface area contributed by atoms with Crippen molar-refractivity contribution in [3.63, 3.8) is 0 Å². The van der Waals surface area contributed by atoms with Crippen LogP contribution in [0.25, 0.3) is 0 Å². The molecule has 1 atom stereocenters. The Bertz CT molecular complexity index is 582. The van der Waals surface area contributed by atoms with Gasteiger partial charge in [-0.25, -0.2) is 0 Å². The van der Waals surface area contributed by atoms with Crippen LogP contribution in [0.4, 0.5) is 0 Å². The number of benzene rings is 1. The van der Waals surface area contributed by atoms with E-state index in [0.29, 0.717) is 5.56 Å². The highest BCUT2D eigenvalue weighted by Gasteiger charge is 2.54. The summed E-state index contributed by atoms with van der Waals surface area (Å²) < 4.78 is 0. The minimum Gasteiger partial charge on any atom is -0.274 e. The smallest absolute Gasteiger partial charge is 0.237 e. The standard InChI is InChI=1S/C16H16N2O2/c17-11-13(12-6-2-1-3-7-12)18-14(19)10-16(15(18)20)8-4-5-9-16/h1-3,6-7,13H,4-5,8-10H2. The summed E-state index contributed by atoms with van der Waals surface area (Å²) >= 11 is 0. The Morgan fingerprint density at radius 1 is 1.15 bits per heavy atom. The van der Waals surface area contributed by atoms with Gasteiger partial charge in [-0.05, 0) is 18.4 Å². The lowest BCUT2D eigenvalue weighted by Crippen LogP contribution is -2.37. The van der Waals surface area contributed by atoms with Crippen LogP contribution in [0, 0.1) is 16.7 Å². The largest absolute Gasteiger partial charge is 0.274 e. The van der Waals surface area contributed by atoms with Gasteiger partial charge in [-0.2, -0.15) is 5.26 Å². The Labute approximate surface area is 118 Å². The van der Waals surface area contributed by atoms with E-state index in [1.54, 1.807) is 12.1 Å². The fraction of sp³-hybridized carbons (Fsp3) is 0.438. The van der Waals surface area contributed by atoms with E-state index in [1.165, 1.54) is 4.90 Å². The molecule has 1 aromatic rings. The van der Waals surface area contributed by atoms with Crippen molar-refractivity contribution < 1.29 is 9.59 Å². The Balaban J connectivity index is 1.95. The summed E-state index contributed by atoms with van der Waals surface area (Å²) in [5, 5.41) is 9.41. The highest BCUT2D eigenvalue weighted by atomic mass is 16.2. The molecule has 20 heavy (non-hydrogen) atoms. The van der Waals surface area contributed by atoms with Gasteiger partial charge in [0, 0.05) is 6.42 Å². The Morgan fingerprint density at radius 2 is 1.80 bits per heavy atom. The number of hydrogen-bond acceptors (Lipinski definition) is 3. The number of imide groups is 1. The minimum atomic E-state index is -0.795. The molecular formula is C16H16N2O2. The normalized spacial score (nSPS) is 22.2. The van der Waals surface area contributed by atoms with Gasteiger partial charge in [0.1, 0.15) is 0 Å². The van der Waals surface area contributed by atoms with Crippen molar-refractivity contribution in [3.8, 4) is 6.07 Å². The molecule has 2 fully saturated rings. The minimum absolute atomic E-state index is 0.143. The lowest BCUT2D eigenvalue weighted by Gasteiger charge is -2.24. The molecule has 1 saturated carbocycles. The van der Waals surface area contributed by atoms with Crippen molar-refractivity contribution in [3.05, 3.63) is 35.9 Å². The molecule has 3 rings (SSSR count). The lowest BCUT2D eigenvalue weighted by molar-refractivity contribution is -0.143. The maximum atomic E-state index is 12.7. The van der Waals surface area contributed by atoms with Gasteiger partial charge in [-0.1, -0.05) is 43.2 Å². The van der Waals surface area contributed by atoms with Crippen LogP contribution >= 0.6 is 0 Å². The molecule has 1 heterocycles. The first-order valence-electron chi connectivity index (χ1n) is 6.99. The van der Waals surface area contributed by atoms with Crippen LogP contribution in [0.1, 0.15) is 43.7 Å². The third kappa shape index (κ3) is 1.82. The predicted octanol–water partition coefficient (Wildman–Crippen LogP) is 2.57. The van der Waals surface area contributed by atoms with Crippen molar-refractivity contribution in [2.75, 3.05) is 0 Å². The van der Waals surface area contributed by atoms with Crippen LogP contribution < -0.4 is 0 Å². The molecule has 102 valence electrons. The second-order valence-electron chi connectivity index (χ2n) is 5.68. The van der Waals surface area contributed by atoms with Crippen LogP contribution in [0.15, 0.2) is 30.3 Å². The number of carbonyl (C=O) groups is 2. The van der Waals surface area contributed by atoms with Crippen LogP contribution in [-0.2, 0) is 9.59 Å². The van der Waals surface area contributed by atoms with E-state index in [9.17, 15) is 14.9 Å². The van der Waals surface area contributed by atoms with E-state index in [4.69, 9.17) is 0 Å². The first-order chi connectivity index (χ1) is 9.68. The number of likely N-dealkylation sites (tertiary alicyclic amines) is 1. The summed E-state index contributed by atoms with van der Waals surface area (Å²) in [4.78, 5) is 26.1. The van der Waals surface area contributed by atoms with Crippen LogP contribution in [0.2, 0.25) is 0 Å². The highest BCUT2D eigenvalue weighted by Crippen LogP contribution is 2.48. The van der Waals surface area contributed by atoms with Crippen molar-refractivity contribution in [1.82, 2.24) is 4.90 Å². The molecule has 1 aliphatic heterocycles. The van der Waals surface area contributed by atoms with Gasteiger partial charge in [0.15, 0.2) is 6.04 Å². The fourth-order valence-corrected chi connectivity index (χ4v) is 3.44.